The first-order valence-corrected chi connectivity index (χ1v) is 7.11. The quantitative estimate of drug-likeness (QED) is 0.574. The van der Waals surface area contributed by atoms with Crippen molar-refractivity contribution in [3.05, 3.63) is 64.7 Å². The minimum atomic E-state index is 0.683. The largest absolute Gasteiger partial charge is 0.497 e. The van der Waals surface area contributed by atoms with Crippen molar-refractivity contribution in [1.29, 1.82) is 5.26 Å². The summed E-state index contributed by atoms with van der Waals surface area (Å²) in [4.78, 5) is 0. The van der Waals surface area contributed by atoms with Gasteiger partial charge in [-0.2, -0.15) is 5.26 Å². The third-order valence-electron chi connectivity index (χ3n) is 3.34. The zero-order chi connectivity index (χ0) is 15.2. The molecule has 21 heavy (non-hydrogen) atoms. The lowest BCUT2D eigenvalue weighted by Gasteiger charge is -2.10. The Labute approximate surface area is 130 Å². The van der Waals surface area contributed by atoms with Crippen LogP contribution in [0.2, 0.25) is 5.02 Å². The van der Waals surface area contributed by atoms with Crippen molar-refractivity contribution in [2.75, 3.05) is 7.11 Å². The number of hydrogen-bond acceptors (Lipinski definition) is 2. The van der Waals surface area contributed by atoms with Gasteiger partial charge in [0, 0.05) is 5.02 Å². The maximum atomic E-state index is 9.56. The molecule has 0 atom stereocenters. The molecule has 2 rings (SSSR count). The van der Waals surface area contributed by atoms with E-state index in [1.54, 1.807) is 7.11 Å². The lowest BCUT2D eigenvalue weighted by atomic mass is 9.94. The van der Waals surface area contributed by atoms with E-state index in [-0.39, 0.29) is 0 Å². The number of nitriles is 1. The van der Waals surface area contributed by atoms with Gasteiger partial charge in [0.05, 0.1) is 12.7 Å². The van der Waals surface area contributed by atoms with Crippen molar-refractivity contribution in [1.82, 2.24) is 0 Å². The van der Waals surface area contributed by atoms with Gasteiger partial charge in [-0.3, -0.25) is 0 Å². The average Bonchev–Trinajstić information content (AvgIpc) is 2.54. The second-order valence-corrected chi connectivity index (χ2v) is 4.99. The average molecular weight is 298 g/mol. The molecule has 0 fully saturated rings. The van der Waals surface area contributed by atoms with E-state index >= 15 is 0 Å². The predicted molar refractivity (Wildman–Crippen MR) is 87.2 cm³/mol. The number of nitrogens with zero attached hydrogens (tertiary/aromatic N) is 1. The fourth-order valence-corrected chi connectivity index (χ4v) is 2.37. The Hall–Kier alpha value is -2.24. The van der Waals surface area contributed by atoms with Crippen LogP contribution in [0.4, 0.5) is 0 Å². The zero-order valence-electron chi connectivity index (χ0n) is 12.1. The molecule has 3 heteroatoms. The van der Waals surface area contributed by atoms with Crippen LogP contribution in [-0.4, -0.2) is 7.11 Å². The SMILES string of the molecule is CC/C(=C(\C#N)c1ccc(OC)cc1)c1ccc(Cl)cc1. The van der Waals surface area contributed by atoms with Crippen LogP contribution in [0, 0.1) is 11.3 Å². The summed E-state index contributed by atoms with van der Waals surface area (Å²) in [6.45, 7) is 2.05. The maximum Gasteiger partial charge on any atom is 0.118 e. The Balaban J connectivity index is 2.52. The van der Waals surface area contributed by atoms with Crippen LogP contribution in [0.25, 0.3) is 11.1 Å². The zero-order valence-corrected chi connectivity index (χ0v) is 12.8. The number of allylic oxidation sites excluding steroid dienone is 2. The predicted octanol–water partition coefficient (Wildman–Crippen LogP) is 5.19. The summed E-state index contributed by atoms with van der Waals surface area (Å²) in [7, 11) is 1.63. The standard InChI is InChI=1S/C18H16ClNO/c1-3-17(13-4-8-15(19)9-5-13)18(12-20)14-6-10-16(21-2)11-7-14/h4-11H,3H2,1-2H3/b18-17-. The van der Waals surface area contributed by atoms with E-state index in [0.717, 1.165) is 28.9 Å². The minimum Gasteiger partial charge on any atom is -0.497 e. The molecule has 0 spiro atoms. The third kappa shape index (κ3) is 3.45. The van der Waals surface area contributed by atoms with Crippen molar-refractivity contribution < 1.29 is 4.74 Å². The Bertz CT molecular complexity index is 679. The molecule has 0 aliphatic rings. The lowest BCUT2D eigenvalue weighted by Crippen LogP contribution is -1.91. The number of hydrogen-bond donors (Lipinski definition) is 0. The summed E-state index contributed by atoms with van der Waals surface area (Å²) in [6, 6.07) is 17.4. The van der Waals surface area contributed by atoms with Gasteiger partial charge in [0.25, 0.3) is 0 Å². The molecule has 2 aromatic rings. The van der Waals surface area contributed by atoms with E-state index in [2.05, 4.69) is 6.07 Å². The highest BCUT2D eigenvalue weighted by Crippen LogP contribution is 2.30. The molecule has 0 N–H and O–H groups in total. The molecule has 0 radical (unpaired) electrons. The molecule has 0 aliphatic heterocycles. The Morgan fingerprint density at radius 3 is 2.10 bits per heavy atom. The highest BCUT2D eigenvalue weighted by atomic mass is 35.5. The van der Waals surface area contributed by atoms with E-state index in [9.17, 15) is 5.26 Å². The maximum absolute atomic E-state index is 9.56. The first kappa shape index (κ1) is 15.2. The van der Waals surface area contributed by atoms with E-state index < -0.39 is 0 Å². The van der Waals surface area contributed by atoms with Crippen LogP contribution in [0.15, 0.2) is 48.5 Å². The van der Waals surface area contributed by atoms with Gasteiger partial charge in [-0.05, 0) is 59.5 Å². The molecule has 0 saturated heterocycles. The van der Waals surface area contributed by atoms with Crippen LogP contribution in [0.1, 0.15) is 24.5 Å². The fourth-order valence-electron chi connectivity index (χ4n) is 2.24. The lowest BCUT2D eigenvalue weighted by molar-refractivity contribution is 0.415. The molecule has 0 heterocycles. The van der Waals surface area contributed by atoms with Crippen LogP contribution in [0.5, 0.6) is 5.75 Å². The van der Waals surface area contributed by atoms with Crippen molar-refractivity contribution in [2.24, 2.45) is 0 Å². The normalized spacial score (nSPS) is 11.5. The molecule has 2 nitrogen and oxygen atoms in total. The number of halogens is 1. The Kier molecular flexibility index (Phi) is 5.03. The van der Waals surface area contributed by atoms with Crippen molar-refractivity contribution in [3.63, 3.8) is 0 Å². The molecule has 0 aromatic heterocycles. The van der Waals surface area contributed by atoms with E-state index in [4.69, 9.17) is 16.3 Å². The van der Waals surface area contributed by atoms with Crippen molar-refractivity contribution in [3.8, 4) is 11.8 Å². The molecule has 2 aromatic carbocycles. The summed E-state index contributed by atoms with van der Waals surface area (Å²) in [5.41, 5.74) is 3.61. The minimum absolute atomic E-state index is 0.683. The van der Waals surface area contributed by atoms with Crippen LogP contribution < -0.4 is 4.74 Å². The van der Waals surface area contributed by atoms with Gasteiger partial charge in [0.15, 0.2) is 0 Å². The summed E-state index contributed by atoms with van der Waals surface area (Å²) >= 11 is 5.93. The number of rotatable bonds is 4. The highest BCUT2D eigenvalue weighted by Gasteiger charge is 2.10. The summed E-state index contributed by atoms with van der Waals surface area (Å²) in [5, 5.41) is 10.3. The molecular weight excluding hydrogens is 282 g/mol. The van der Waals surface area contributed by atoms with Gasteiger partial charge in [-0.15, -0.1) is 0 Å². The van der Waals surface area contributed by atoms with E-state index in [1.165, 1.54) is 0 Å². The molecule has 0 unspecified atom stereocenters. The molecule has 106 valence electrons. The second-order valence-electron chi connectivity index (χ2n) is 4.55. The molecule has 0 aliphatic carbocycles. The third-order valence-corrected chi connectivity index (χ3v) is 3.59. The Morgan fingerprint density at radius 1 is 1.05 bits per heavy atom. The van der Waals surface area contributed by atoms with E-state index in [1.807, 2.05) is 55.5 Å². The summed E-state index contributed by atoms with van der Waals surface area (Å²) in [6.07, 6.45) is 0.774. The molecular formula is C18H16ClNO. The van der Waals surface area contributed by atoms with Gasteiger partial charge < -0.3 is 4.74 Å². The fraction of sp³-hybridized carbons (Fsp3) is 0.167. The summed E-state index contributed by atoms with van der Waals surface area (Å²) in [5.74, 6) is 0.778. The van der Waals surface area contributed by atoms with Gasteiger partial charge in [-0.1, -0.05) is 30.7 Å². The molecule has 0 saturated carbocycles. The van der Waals surface area contributed by atoms with E-state index in [0.29, 0.717) is 10.6 Å². The molecule has 0 amide bonds. The Morgan fingerprint density at radius 2 is 1.62 bits per heavy atom. The number of ether oxygens (including phenoxy) is 1. The molecule has 0 bridgehead atoms. The van der Waals surface area contributed by atoms with Gasteiger partial charge in [-0.25, -0.2) is 0 Å². The van der Waals surface area contributed by atoms with Crippen LogP contribution in [-0.2, 0) is 0 Å². The number of benzene rings is 2. The highest BCUT2D eigenvalue weighted by molar-refractivity contribution is 6.30. The smallest absolute Gasteiger partial charge is 0.118 e. The first-order valence-electron chi connectivity index (χ1n) is 6.73. The van der Waals surface area contributed by atoms with Crippen molar-refractivity contribution >= 4 is 22.7 Å². The number of methoxy groups -OCH3 is 1. The van der Waals surface area contributed by atoms with Crippen LogP contribution >= 0.6 is 11.6 Å². The van der Waals surface area contributed by atoms with Gasteiger partial charge >= 0.3 is 0 Å². The summed E-state index contributed by atoms with van der Waals surface area (Å²) < 4.78 is 5.15. The van der Waals surface area contributed by atoms with Crippen LogP contribution in [0.3, 0.4) is 0 Å². The second kappa shape index (κ2) is 6.97. The first-order chi connectivity index (χ1) is 10.2. The van der Waals surface area contributed by atoms with Crippen molar-refractivity contribution in [2.45, 2.75) is 13.3 Å². The monoisotopic (exact) mass is 297 g/mol. The topological polar surface area (TPSA) is 33.0 Å². The van der Waals surface area contributed by atoms with Gasteiger partial charge in [0.1, 0.15) is 11.8 Å². The van der Waals surface area contributed by atoms with Gasteiger partial charge in [0.2, 0.25) is 0 Å².